The fraction of sp³-hybridized carbons (Fsp3) is 0.240. The second-order valence-corrected chi connectivity index (χ2v) is 8.10. The Bertz CT molecular complexity index is 1100. The molecule has 5 nitrogen and oxygen atoms in total. The fourth-order valence-electron chi connectivity index (χ4n) is 4.84. The van der Waals surface area contributed by atoms with Crippen molar-refractivity contribution in [1.29, 1.82) is 0 Å². The van der Waals surface area contributed by atoms with Crippen LogP contribution in [0.5, 0.6) is 5.75 Å². The summed E-state index contributed by atoms with van der Waals surface area (Å²) in [6.45, 7) is 2.06. The van der Waals surface area contributed by atoms with Gasteiger partial charge in [0.2, 0.25) is 5.91 Å². The number of nitrogens with zero attached hydrogens (tertiary/aromatic N) is 1. The molecule has 0 radical (unpaired) electrons. The number of amides is 1. The monoisotopic (exact) mass is 417 g/mol. The van der Waals surface area contributed by atoms with Gasteiger partial charge in [-0.05, 0) is 42.8 Å². The molecule has 3 aromatic carbocycles. The predicted octanol–water partition coefficient (Wildman–Crippen LogP) is 4.06. The minimum absolute atomic E-state index is 0.0466. The summed E-state index contributed by atoms with van der Waals surface area (Å²) in [6.07, 6.45) is 0. The Kier molecular flexibility index (Phi) is 4.96. The molecule has 2 saturated heterocycles. The Morgan fingerprint density at radius 3 is 2.29 bits per heavy atom. The molecule has 2 fully saturated rings. The van der Waals surface area contributed by atoms with Gasteiger partial charge in [0.25, 0.3) is 0 Å². The zero-order valence-corrected chi connectivity index (χ0v) is 17.4. The molecule has 1 amide bonds. The summed E-state index contributed by atoms with van der Waals surface area (Å²) in [5.74, 6) is 0.260. The zero-order chi connectivity index (χ0) is 21.5. The van der Waals surface area contributed by atoms with E-state index in [-0.39, 0.29) is 29.7 Å². The maximum absolute atomic E-state index is 13.6. The lowest BCUT2D eigenvalue weighted by Crippen LogP contribution is -2.41. The quantitative estimate of drug-likeness (QED) is 0.672. The fourth-order valence-corrected chi connectivity index (χ4v) is 4.84. The van der Waals surface area contributed by atoms with Crippen molar-refractivity contribution in [1.82, 2.24) is 10.9 Å². The van der Waals surface area contributed by atoms with Crippen LogP contribution in [0.25, 0.3) is 0 Å². The number of methoxy groups -OCH3 is 1. The summed E-state index contributed by atoms with van der Waals surface area (Å²) in [5, 5.41) is 0. The van der Waals surface area contributed by atoms with Crippen LogP contribution in [0.15, 0.2) is 72.8 Å². The lowest BCUT2D eigenvalue weighted by molar-refractivity contribution is -0.119. The minimum Gasteiger partial charge on any atom is -0.496 e. The Balaban J connectivity index is 1.65. The summed E-state index contributed by atoms with van der Waals surface area (Å²) in [5.41, 5.74) is 10.5. The van der Waals surface area contributed by atoms with Gasteiger partial charge in [0.1, 0.15) is 17.6 Å². The van der Waals surface area contributed by atoms with Crippen LogP contribution in [0, 0.1) is 18.7 Å². The number of para-hydroxylation sites is 1. The van der Waals surface area contributed by atoms with E-state index in [1.54, 1.807) is 24.1 Å². The lowest BCUT2D eigenvalue weighted by atomic mass is 9.83. The Morgan fingerprint density at radius 2 is 1.58 bits per heavy atom. The van der Waals surface area contributed by atoms with E-state index < -0.39 is 6.04 Å². The van der Waals surface area contributed by atoms with E-state index in [0.717, 1.165) is 16.9 Å². The first-order chi connectivity index (χ1) is 15.1. The molecular weight excluding hydrogens is 393 g/mol. The van der Waals surface area contributed by atoms with Crippen LogP contribution in [-0.2, 0) is 4.79 Å². The number of carbonyl (C=O) groups is 1. The molecular formula is C25H24FN3O2. The largest absolute Gasteiger partial charge is 0.496 e. The first-order valence-electron chi connectivity index (χ1n) is 10.4. The molecule has 31 heavy (non-hydrogen) atoms. The molecule has 2 N–H and O–H groups in total. The second kappa shape index (κ2) is 7.80. The molecule has 0 aliphatic carbocycles. The van der Waals surface area contributed by atoms with Gasteiger partial charge in [0, 0.05) is 17.2 Å². The normalized spacial score (nSPS) is 25.0. The predicted molar refractivity (Wildman–Crippen MR) is 117 cm³/mol. The number of carbonyl (C=O) groups excluding carboxylic acids is 1. The molecule has 0 bridgehead atoms. The molecule has 3 aromatic rings. The Labute approximate surface area is 180 Å². The topological polar surface area (TPSA) is 53.6 Å². The smallest absolute Gasteiger partial charge is 0.246 e. The molecule has 158 valence electrons. The molecule has 2 heterocycles. The highest BCUT2D eigenvalue weighted by molar-refractivity contribution is 6.01. The van der Waals surface area contributed by atoms with Gasteiger partial charge < -0.3 is 9.64 Å². The van der Waals surface area contributed by atoms with Crippen molar-refractivity contribution in [2.24, 2.45) is 5.92 Å². The highest BCUT2D eigenvalue weighted by Gasteiger charge is 2.56. The molecule has 5 rings (SSSR count). The van der Waals surface area contributed by atoms with Gasteiger partial charge in [-0.2, -0.15) is 0 Å². The van der Waals surface area contributed by atoms with Crippen LogP contribution in [0.4, 0.5) is 10.1 Å². The number of hydrogen-bond donors (Lipinski definition) is 2. The number of benzene rings is 3. The Hall–Kier alpha value is -3.22. The second-order valence-electron chi connectivity index (χ2n) is 8.10. The van der Waals surface area contributed by atoms with Crippen LogP contribution in [0.1, 0.15) is 28.8 Å². The third-order valence-electron chi connectivity index (χ3n) is 6.31. The number of rotatable bonds is 4. The molecule has 0 spiro atoms. The third kappa shape index (κ3) is 3.28. The number of hydrazine groups is 1. The van der Waals surface area contributed by atoms with Gasteiger partial charge in [-0.15, -0.1) is 0 Å². The summed E-state index contributed by atoms with van der Waals surface area (Å²) in [7, 11) is 1.64. The van der Waals surface area contributed by atoms with E-state index in [2.05, 4.69) is 42.0 Å². The van der Waals surface area contributed by atoms with Gasteiger partial charge in [-0.3, -0.25) is 4.79 Å². The van der Waals surface area contributed by atoms with Crippen molar-refractivity contribution in [2.45, 2.75) is 25.0 Å². The summed E-state index contributed by atoms with van der Waals surface area (Å²) >= 11 is 0. The lowest BCUT2D eigenvalue weighted by Gasteiger charge is -2.32. The van der Waals surface area contributed by atoms with Crippen LogP contribution in [-0.4, -0.2) is 19.1 Å². The third-order valence-corrected chi connectivity index (χ3v) is 6.31. The maximum Gasteiger partial charge on any atom is 0.246 e. The first-order valence-corrected chi connectivity index (χ1v) is 10.4. The van der Waals surface area contributed by atoms with Gasteiger partial charge in [0.05, 0.1) is 19.2 Å². The molecule has 4 atom stereocenters. The van der Waals surface area contributed by atoms with Gasteiger partial charge >= 0.3 is 0 Å². The number of fused-ring (bicyclic) bond motifs is 1. The van der Waals surface area contributed by atoms with E-state index in [0.29, 0.717) is 5.69 Å². The van der Waals surface area contributed by atoms with E-state index in [1.807, 2.05) is 24.3 Å². The average molecular weight is 417 g/mol. The van der Waals surface area contributed by atoms with Gasteiger partial charge in [-0.1, -0.05) is 48.0 Å². The zero-order valence-electron chi connectivity index (χ0n) is 17.4. The number of ether oxygens (including phenoxy) is 1. The number of aryl methyl sites for hydroxylation is 1. The summed E-state index contributed by atoms with van der Waals surface area (Å²) in [6, 6.07) is 21.5. The van der Waals surface area contributed by atoms with Crippen LogP contribution in [0.2, 0.25) is 0 Å². The molecule has 0 saturated carbocycles. The van der Waals surface area contributed by atoms with E-state index in [9.17, 15) is 9.18 Å². The van der Waals surface area contributed by atoms with Crippen LogP contribution >= 0.6 is 0 Å². The van der Waals surface area contributed by atoms with Crippen molar-refractivity contribution >= 4 is 11.6 Å². The SMILES string of the molecule is COc1ccccc1C1C2C(NNC2c2ccc(C)cc2)C(=O)N1c1ccc(F)cc1. The molecule has 2 aliphatic heterocycles. The highest BCUT2D eigenvalue weighted by atomic mass is 19.1. The van der Waals surface area contributed by atoms with Crippen molar-refractivity contribution in [2.75, 3.05) is 12.0 Å². The van der Waals surface area contributed by atoms with Crippen molar-refractivity contribution in [3.05, 3.63) is 95.3 Å². The number of anilines is 1. The molecule has 6 heteroatoms. The van der Waals surface area contributed by atoms with Crippen LogP contribution < -0.4 is 20.5 Å². The highest BCUT2D eigenvalue weighted by Crippen LogP contribution is 2.50. The van der Waals surface area contributed by atoms with Crippen molar-refractivity contribution in [3.63, 3.8) is 0 Å². The van der Waals surface area contributed by atoms with Gasteiger partial charge in [-0.25, -0.2) is 15.2 Å². The van der Waals surface area contributed by atoms with Crippen LogP contribution in [0.3, 0.4) is 0 Å². The van der Waals surface area contributed by atoms with E-state index in [1.165, 1.54) is 17.7 Å². The summed E-state index contributed by atoms with van der Waals surface area (Å²) < 4.78 is 19.3. The van der Waals surface area contributed by atoms with E-state index >= 15 is 0 Å². The summed E-state index contributed by atoms with van der Waals surface area (Å²) in [4.78, 5) is 15.4. The Morgan fingerprint density at radius 1 is 0.903 bits per heavy atom. The number of hydrogen-bond acceptors (Lipinski definition) is 4. The van der Waals surface area contributed by atoms with Crippen molar-refractivity contribution in [3.8, 4) is 5.75 Å². The molecule has 4 unspecified atom stereocenters. The average Bonchev–Trinajstić information content (AvgIpc) is 3.34. The maximum atomic E-state index is 13.6. The van der Waals surface area contributed by atoms with E-state index in [4.69, 9.17) is 4.74 Å². The van der Waals surface area contributed by atoms with Crippen molar-refractivity contribution < 1.29 is 13.9 Å². The van der Waals surface area contributed by atoms with Gasteiger partial charge in [0.15, 0.2) is 0 Å². The number of halogens is 1. The first kappa shape index (κ1) is 19.7. The molecule has 0 aromatic heterocycles. The number of nitrogens with one attached hydrogen (secondary N) is 2. The molecule has 2 aliphatic rings. The standard InChI is InChI=1S/C25H24FN3O2/c1-15-7-9-16(10-8-15)22-21-23(28-27-22)25(30)29(18-13-11-17(26)12-14-18)24(21)19-5-3-4-6-20(19)31-2/h3-14,21-24,27-28H,1-2H3. The minimum atomic E-state index is -0.411.